The summed E-state index contributed by atoms with van der Waals surface area (Å²) in [7, 11) is 0. The zero-order valence-electron chi connectivity index (χ0n) is 9.35. The van der Waals surface area contributed by atoms with Gasteiger partial charge in [-0.05, 0) is 37.3 Å². The van der Waals surface area contributed by atoms with Gasteiger partial charge in [-0.3, -0.25) is 0 Å². The van der Waals surface area contributed by atoms with Gasteiger partial charge >= 0.3 is 0 Å². The minimum absolute atomic E-state index is 0.550. The molecule has 1 heterocycles. The summed E-state index contributed by atoms with van der Waals surface area (Å²) in [5.74, 6) is 2.46. The van der Waals surface area contributed by atoms with Crippen molar-refractivity contribution in [3.05, 3.63) is 23.2 Å². The van der Waals surface area contributed by atoms with E-state index < -0.39 is 0 Å². The van der Waals surface area contributed by atoms with Crippen molar-refractivity contribution < 1.29 is 4.42 Å². The first-order valence-electron chi connectivity index (χ1n) is 5.07. The van der Waals surface area contributed by atoms with Gasteiger partial charge < -0.3 is 4.42 Å². The second-order valence-electron chi connectivity index (χ2n) is 4.44. The third-order valence-electron chi connectivity index (χ3n) is 2.60. The molecule has 0 spiro atoms. The van der Waals surface area contributed by atoms with Gasteiger partial charge in [0.2, 0.25) is 0 Å². The highest BCUT2D eigenvalue weighted by atomic mass is 16.3. The molecule has 13 heavy (non-hydrogen) atoms. The number of furan rings is 1. The molecule has 1 atom stereocenters. The Balaban J connectivity index is 2.76. The van der Waals surface area contributed by atoms with Crippen molar-refractivity contribution in [2.45, 2.75) is 47.0 Å². The van der Waals surface area contributed by atoms with Crippen molar-refractivity contribution in [3.63, 3.8) is 0 Å². The second kappa shape index (κ2) is 3.99. The summed E-state index contributed by atoms with van der Waals surface area (Å²) >= 11 is 0. The van der Waals surface area contributed by atoms with Crippen molar-refractivity contribution in [1.82, 2.24) is 0 Å². The minimum atomic E-state index is 0.550. The predicted octanol–water partition coefficient (Wildman–Crippen LogP) is 4.05. The summed E-state index contributed by atoms with van der Waals surface area (Å²) in [6.07, 6.45) is 3.06. The van der Waals surface area contributed by atoms with Gasteiger partial charge in [0.15, 0.2) is 0 Å². The fourth-order valence-electron chi connectivity index (χ4n) is 1.82. The van der Waals surface area contributed by atoms with Crippen LogP contribution in [0.4, 0.5) is 0 Å². The van der Waals surface area contributed by atoms with Crippen LogP contribution in [-0.2, 0) is 0 Å². The van der Waals surface area contributed by atoms with E-state index in [2.05, 4.69) is 34.6 Å². The SMILES string of the molecule is Cc1coc(C(C)CC(C)C)c1C. The van der Waals surface area contributed by atoms with E-state index in [1.807, 2.05) is 6.26 Å². The summed E-state index contributed by atoms with van der Waals surface area (Å²) in [5.41, 5.74) is 2.60. The number of rotatable bonds is 3. The number of hydrogen-bond acceptors (Lipinski definition) is 1. The maximum atomic E-state index is 5.56. The molecule has 0 aliphatic carbocycles. The van der Waals surface area contributed by atoms with Crippen LogP contribution in [-0.4, -0.2) is 0 Å². The predicted molar refractivity (Wildman–Crippen MR) is 56.1 cm³/mol. The van der Waals surface area contributed by atoms with Crippen LogP contribution in [0.2, 0.25) is 0 Å². The van der Waals surface area contributed by atoms with Crippen LogP contribution in [0.15, 0.2) is 10.7 Å². The third-order valence-corrected chi connectivity index (χ3v) is 2.60. The first kappa shape index (κ1) is 10.4. The molecule has 0 aromatic carbocycles. The van der Waals surface area contributed by atoms with Gasteiger partial charge in [-0.1, -0.05) is 20.8 Å². The largest absolute Gasteiger partial charge is 0.469 e. The lowest BCUT2D eigenvalue weighted by molar-refractivity contribution is 0.423. The molecule has 0 saturated carbocycles. The molecule has 0 amide bonds. The summed E-state index contributed by atoms with van der Waals surface area (Å²) < 4.78 is 5.56. The lowest BCUT2D eigenvalue weighted by Gasteiger charge is -2.12. The molecule has 1 rings (SSSR count). The topological polar surface area (TPSA) is 13.1 Å². The molecule has 74 valence electrons. The fourth-order valence-corrected chi connectivity index (χ4v) is 1.82. The Morgan fingerprint density at radius 3 is 2.23 bits per heavy atom. The van der Waals surface area contributed by atoms with Crippen LogP contribution in [0.5, 0.6) is 0 Å². The summed E-state index contributed by atoms with van der Waals surface area (Å²) in [6, 6.07) is 0. The average Bonchev–Trinajstić information content (AvgIpc) is 2.31. The van der Waals surface area contributed by atoms with Crippen molar-refractivity contribution in [3.8, 4) is 0 Å². The van der Waals surface area contributed by atoms with Gasteiger partial charge in [0, 0.05) is 5.92 Å². The maximum absolute atomic E-state index is 5.56. The highest BCUT2D eigenvalue weighted by Crippen LogP contribution is 2.28. The molecule has 1 unspecified atom stereocenters. The van der Waals surface area contributed by atoms with Gasteiger partial charge in [0.25, 0.3) is 0 Å². The van der Waals surface area contributed by atoms with Gasteiger partial charge in [-0.15, -0.1) is 0 Å². The van der Waals surface area contributed by atoms with E-state index in [9.17, 15) is 0 Å². The van der Waals surface area contributed by atoms with Gasteiger partial charge in [-0.2, -0.15) is 0 Å². The molecule has 0 saturated heterocycles. The van der Waals surface area contributed by atoms with E-state index in [1.165, 1.54) is 23.3 Å². The van der Waals surface area contributed by atoms with E-state index in [-0.39, 0.29) is 0 Å². The van der Waals surface area contributed by atoms with Gasteiger partial charge in [0.05, 0.1) is 6.26 Å². The Labute approximate surface area is 81.1 Å². The summed E-state index contributed by atoms with van der Waals surface area (Å²) in [5, 5.41) is 0. The van der Waals surface area contributed by atoms with E-state index >= 15 is 0 Å². The molecular weight excluding hydrogens is 160 g/mol. The Morgan fingerprint density at radius 2 is 1.85 bits per heavy atom. The Hall–Kier alpha value is -0.720. The van der Waals surface area contributed by atoms with E-state index in [1.54, 1.807) is 0 Å². The smallest absolute Gasteiger partial charge is 0.109 e. The van der Waals surface area contributed by atoms with Gasteiger partial charge in [0.1, 0.15) is 5.76 Å². The van der Waals surface area contributed by atoms with Crippen molar-refractivity contribution >= 4 is 0 Å². The minimum Gasteiger partial charge on any atom is -0.469 e. The molecule has 1 nitrogen and oxygen atoms in total. The van der Waals surface area contributed by atoms with Crippen molar-refractivity contribution in [2.75, 3.05) is 0 Å². The van der Waals surface area contributed by atoms with Crippen LogP contribution >= 0.6 is 0 Å². The number of hydrogen-bond donors (Lipinski definition) is 0. The van der Waals surface area contributed by atoms with Crippen molar-refractivity contribution in [1.29, 1.82) is 0 Å². The zero-order chi connectivity index (χ0) is 10.0. The van der Waals surface area contributed by atoms with Crippen LogP contribution in [0, 0.1) is 19.8 Å². The summed E-state index contributed by atoms with van der Waals surface area (Å²) in [4.78, 5) is 0. The van der Waals surface area contributed by atoms with Crippen LogP contribution < -0.4 is 0 Å². The highest BCUT2D eigenvalue weighted by molar-refractivity contribution is 5.27. The molecule has 0 radical (unpaired) electrons. The molecular formula is C12H20O. The zero-order valence-corrected chi connectivity index (χ0v) is 9.35. The Kier molecular flexibility index (Phi) is 3.18. The Bertz CT molecular complexity index is 271. The first-order chi connectivity index (χ1) is 6.02. The molecule has 0 aliphatic heterocycles. The highest BCUT2D eigenvalue weighted by Gasteiger charge is 2.14. The van der Waals surface area contributed by atoms with Crippen molar-refractivity contribution in [2.24, 2.45) is 5.92 Å². The molecule has 0 N–H and O–H groups in total. The molecule has 0 bridgehead atoms. The molecule has 1 aromatic rings. The van der Waals surface area contributed by atoms with Crippen LogP contribution in [0.3, 0.4) is 0 Å². The second-order valence-corrected chi connectivity index (χ2v) is 4.44. The van der Waals surface area contributed by atoms with E-state index in [4.69, 9.17) is 4.42 Å². The molecule has 1 aromatic heterocycles. The fraction of sp³-hybridized carbons (Fsp3) is 0.667. The molecule has 0 fully saturated rings. The average molecular weight is 180 g/mol. The summed E-state index contributed by atoms with van der Waals surface area (Å²) in [6.45, 7) is 11.0. The lowest BCUT2D eigenvalue weighted by Crippen LogP contribution is -1.99. The van der Waals surface area contributed by atoms with E-state index in [0.29, 0.717) is 5.92 Å². The first-order valence-corrected chi connectivity index (χ1v) is 5.07. The quantitative estimate of drug-likeness (QED) is 0.684. The number of aryl methyl sites for hydroxylation is 1. The maximum Gasteiger partial charge on any atom is 0.109 e. The monoisotopic (exact) mass is 180 g/mol. The molecule has 1 heteroatoms. The van der Waals surface area contributed by atoms with Crippen LogP contribution in [0.25, 0.3) is 0 Å². The van der Waals surface area contributed by atoms with Crippen LogP contribution in [0.1, 0.15) is 50.0 Å². The third kappa shape index (κ3) is 2.36. The lowest BCUT2D eigenvalue weighted by atomic mass is 9.94. The standard InChI is InChI=1S/C12H20O/c1-8(2)6-9(3)12-11(5)10(4)7-13-12/h7-9H,6H2,1-5H3. The van der Waals surface area contributed by atoms with E-state index in [0.717, 1.165) is 5.92 Å². The Morgan fingerprint density at radius 1 is 1.23 bits per heavy atom. The van der Waals surface area contributed by atoms with Gasteiger partial charge in [-0.25, -0.2) is 0 Å². The molecule has 0 aliphatic rings. The normalized spacial score (nSPS) is 13.7.